The Balaban J connectivity index is 1.95. The summed E-state index contributed by atoms with van der Waals surface area (Å²) >= 11 is 0. The fourth-order valence-corrected chi connectivity index (χ4v) is 3.96. The molecule has 10 heteroatoms. The summed E-state index contributed by atoms with van der Waals surface area (Å²) in [6, 6.07) is 6.24. The van der Waals surface area contributed by atoms with E-state index >= 15 is 0 Å². The van der Waals surface area contributed by atoms with E-state index in [1.807, 2.05) is 13.8 Å². The van der Waals surface area contributed by atoms with Crippen molar-refractivity contribution in [3.05, 3.63) is 35.9 Å². The van der Waals surface area contributed by atoms with Crippen LogP contribution < -0.4 is 4.90 Å². The number of hydrogen-bond acceptors (Lipinski definition) is 7. The molecule has 0 aliphatic carbocycles. The number of rotatable bonds is 3. The summed E-state index contributed by atoms with van der Waals surface area (Å²) in [5, 5.41) is 0. The number of anilines is 1. The topological polar surface area (TPSA) is 85.5 Å². The summed E-state index contributed by atoms with van der Waals surface area (Å²) in [7, 11) is -2.43. The first kappa shape index (κ1) is 19.7. The molecule has 0 spiro atoms. The van der Waals surface area contributed by atoms with Crippen LogP contribution in [0.25, 0.3) is 17.0 Å². The predicted octanol–water partition coefficient (Wildman–Crippen LogP) is 2.85. The number of fused-ring (bicyclic) bond motifs is 1. The van der Waals surface area contributed by atoms with Crippen LogP contribution in [0.1, 0.15) is 12.7 Å². The molecule has 3 aromatic rings. The Hall–Kier alpha value is -2.59. The van der Waals surface area contributed by atoms with Gasteiger partial charge >= 0.3 is 0 Å². The molecule has 3 heterocycles. The Morgan fingerprint density at radius 1 is 1.24 bits per heavy atom. The first-order valence-corrected chi connectivity index (χ1v) is 11.6. The molecule has 1 saturated heterocycles. The largest absolute Gasteiger partial charge is 0.377 e. The lowest BCUT2D eigenvalue weighted by Crippen LogP contribution is -2.44. The molecule has 29 heavy (non-hydrogen) atoms. The third-order valence-corrected chi connectivity index (χ3v) is 5.27. The van der Waals surface area contributed by atoms with Crippen molar-refractivity contribution in [2.24, 2.45) is 4.36 Å². The van der Waals surface area contributed by atoms with Gasteiger partial charge in [-0.2, -0.15) is 14.3 Å². The zero-order valence-corrected chi connectivity index (χ0v) is 17.6. The van der Waals surface area contributed by atoms with Gasteiger partial charge < -0.3 is 9.64 Å². The van der Waals surface area contributed by atoms with Crippen LogP contribution in [0.3, 0.4) is 0 Å². The number of hydrogen-bond donors (Lipinski definition) is 0. The minimum absolute atomic E-state index is 0.116. The number of halogens is 1. The quantitative estimate of drug-likeness (QED) is 0.650. The van der Waals surface area contributed by atoms with Crippen molar-refractivity contribution >= 4 is 32.4 Å². The summed E-state index contributed by atoms with van der Waals surface area (Å²) in [6.07, 6.45) is 3.11. The normalized spacial score (nSPS) is 17.7. The molecule has 1 aromatic carbocycles. The third-order valence-electron chi connectivity index (χ3n) is 4.65. The average molecular weight is 418 g/mol. The second-order valence-electron chi connectivity index (χ2n) is 7.40. The minimum atomic E-state index is -2.43. The monoisotopic (exact) mass is 418 g/mol. The summed E-state index contributed by atoms with van der Waals surface area (Å²) in [4.78, 5) is 15.8. The van der Waals surface area contributed by atoms with Crippen LogP contribution in [-0.2, 0) is 14.5 Å². The van der Waals surface area contributed by atoms with Crippen molar-refractivity contribution in [1.29, 1.82) is 0 Å². The van der Waals surface area contributed by atoms with E-state index < -0.39 is 9.73 Å². The molecule has 154 valence electrons. The molecule has 0 saturated carbocycles. The van der Waals surface area contributed by atoms with Gasteiger partial charge in [-0.05, 0) is 26.0 Å². The molecule has 4 rings (SSSR count). The van der Waals surface area contributed by atoms with Crippen LogP contribution in [0.5, 0.6) is 0 Å². The van der Waals surface area contributed by atoms with Crippen molar-refractivity contribution in [2.75, 3.05) is 37.2 Å². The van der Waals surface area contributed by atoms with Crippen molar-refractivity contribution in [1.82, 2.24) is 19.5 Å². The second kappa shape index (κ2) is 7.34. The van der Waals surface area contributed by atoms with Crippen molar-refractivity contribution in [2.45, 2.75) is 19.9 Å². The maximum Gasteiger partial charge on any atom is 0.239 e. The summed E-state index contributed by atoms with van der Waals surface area (Å²) in [5.74, 6) is 1.54. The van der Waals surface area contributed by atoms with E-state index in [1.54, 1.807) is 29.2 Å². The number of benzene rings is 1. The van der Waals surface area contributed by atoms with Gasteiger partial charge in [0, 0.05) is 40.9 Å². The first-order valence-electron chi connectivity index (χ1n) is 9.27. The SMILES string of the molecule is Cc1nc2ccc(F)cc2n1-c1nc(N=S(C)(C)=O)cc(N2CCOC[C@H]2C)n1. The van der Waals surface area contributed by atoms with E-state index in [-0.39, 0.29) is 11.9 Å². The molecule has 1 atom stereocenters. The molecule has 2 aromatic heterocycles. The molecule has 8 nitrogen and oxygen atoms in total. The molecule has 1 aliphatic rings. The maximum absolute atomic E-state index is 13.9. The zero-order valence-electron chi connectivity index (χ0n) is 16.8. The second-order valence-corrected chi connectivity index (χ2v) is 9.95. The lowest BCUT2D eigenvalue weighted by Gasteiger charge is -2.34. The molecule has 0 unspecified atom stereocenters. The van der Waals surface area contributed by atoms with Gasteiger partial charge in [0.15, 0.2) is 5.82 Å². The van der Waals surface area contributed by atoms with Crippen LogP contribution in [0.4, 0.5) is 16.0 Å². The van der Waals surface area contributed by atoms with E-state index in [2.05, 4.69) is 19.2 Å². The average Bonchev–Trinajstić information content (AvgIpc) is 2.95. The highest BCUT2D eigenvalue weighted by atomic mass is 32.2. The summed E-state index contributed by atoms with van der Waals surface area (Å²) < 4.78 is 37.7. The smallest absolute Gasteiger partial charge is 0.239 e. The first-order chi connectivity index (χ1) is 13.7. The van der Waals surface area contributed by atoms with E-state index in [1.165, 1.54) is 12.1 Å². The Morgan fingerprint density at radius 2 is 2.03 bits per heavy atom. The highest BCUT2D eigenvalue weighted by molar-refractivity contribution is 7.92. The van der Waals surface area contributed by atoms with Crippen LogP contribution >= 0.6 is 0 Å². The standard InChI is InChI=1S/C19H23FN6O2S/c1-12-11-28-8-7-25(12)18-10-17(24-29(3,4)27)22-19(23-18)26-13(2)21-15-6-5-14(20)9-16(15)26/h5-6,9-10,12H,7-8,11H2,1-4H3/t12-/m1/s1. The van der Waals surface area contributed by atoms with Crippen LogP contribution in [0.15, 0.2) is 28.6 Å². The maximum atomic E-state index is 13.9. The fourth-order valence-electron chi connectivity index (χ4n) is 3.42. The molecule has 1 fully saturated rings. The highest BCUT2D eigenvalue weighted by Gasteiger charge is 2.23. The minimum Gasteiger partial charge on any atom is -0.377 e. The van der Waals surface area contributed by atoms with Crippen LogP contribution in [0.2, 0.25) is 0 Å². The Morgan fingerprint density at radius 3 is 2.76 bits per heavy atom. The molecular formula is C19H23FN6O2S. The van der Waals surface area contributed by atoms with Gasteiger partial charge in [-0.25, -0.2) is 13.6 Å². The molecule has 0 bridgehead atoms. The van der Waals surface area contributed by atoms with Gasteiger partial charge in [0.1, 0.15) is 17.5 Å². The van der Waals surface area contributed by atoms with E-state index in [0.717, 1.165) is 0 Å². The number of ether oxygens (including phenoxy) is 1. The summed E-state index contributed by atoms with van der Waals surface area (Å²) in [6.45, 7) is 5.71. The molecule has 0 N–H and O–H groups in total. The van der Waals surface area contributed by atoms with Crippen molar-refractivity contribution in [3.8, 4) is 5.95 Å². The van der Waals surface area contributed by atoms with Crippen molar-refractivity contribution in [3.63, 3.8) is 0 Å². The number of aryl methyl sites for hydroxylation is 1. The van der Waals surface area contributed by atoms with Gasteiger partial charge in [0.05, 0.1) is 30.3 Å². The molecule has 0 radical (unpaired) electrons. The van der Waals surface area contributed by atoms with E-state index in [9.17, 15) is 8.60 Å². The third kappa shape index (κ3) is 4.08. The fraction of sp³-hybridized carbons (Fsp3) is 0.421. The number of nitrogens with zero attached hydrogens (tertiary/aromatic N) is 6. The highest BCUT2D eigenvalue weighted by Crippen LogP contribution is 2.27. The molecule has 0 amide bonds. The Bertz CT molecular complexity index is 1190. The van der Waals surface area contributed by atoms with Gasteiger partial charge in [-0.1, -0.05) is 0 Å². The molecule has 1 aliphatic heterocycles. The molecular weight excluding hydrogens is 395 g/mol. The van der Waals surface area contributed by atoms with E-state index in [4.69, 9.17) is 9.72 Å². The van der Waals surface area contributed by atoms with Gasteiger partial charge in [0.25, 0.3) is 0 Å². The number of imidazole rings is 1. The predicted molar refractivity (Wildman–Crippen MR) is 111 cm³/mol. The van der Waals surface area contributed by atoms with Crippen molar-refractivity contribution < 1.29 is 13.3 Å². The zero-order chi connectivity index (χ0) is 20.8. The van der Waals surface area contributed by atoms with Crippen LogP contribution in [-0.4, -0.2) is 62.0 Å². The van der Waals surface area contributed by atoms with Gasteiger partial charge in [-0.3, -0.25) is 4.57 Å². The number of aromatic nitrogens is 4. The Labute approximate surface area is 168 Å². The van der Waals surface area contributed by atoms with Crippen LogP contribution in [0, 0.1) is 12.7 Å². The van der Waals surface area contributed by atoms with Gasteiger partial charge in [0.2, 0.25) is 5.95 Å². The lowest BCUT2D eigenvalue weighted by atomic mass is 10.2. The summed E-state index contributed by atoms with van der Waals surface area (Å²) in [5.41, 5.74) is 1.21. The lowest BCUT2D eigenvalue weighted by molar-refractivity contribution is 0.0985. The Kier molecular flexibility index (Phi) is 4.99. The van der Waals surface area contributed by atoms with Gasteiger partial charge in [-0.15, -0.1) is 0 Å². The van der Waals surface area contributed by atoms with E-state index in [0.29, 0.717) is 54.2 Å². The number of morpholine rings is 1.